The van der Waals surface area contributed by atoms with Gasteiger partial charge in [0.05, 0.1) is 25.3 Å². The predicted octanol–water partition coefficient (Wildman–Crippen LogP) is 1.65. The molecule has 5 rings (SSSR count). The van der Waals surface area contributed by atoms with Crippen LogP contribution < -0.4 is 9.47 Å². The van der Waals surface area contributed by atoms with E-state index in [-0.39, 0.29) is 50.0 Å². The van der Waals surface area contributed by atoms with E-state index in [0.717, 1.165) is 10.4 Å². The highest BCUT2D eigenvalue weighted by Crippen LogP contribution is 2.31. The quantitative estimate of drug-likeness (QED) is 0.530. The van der Waals surface area contributed by atoms with Gasteiger partial charge in [-0.2, -0.15) is 9.97 Å². The number of H-pyrrole nitrogens is 1. The van der Waals surface area contributed by atoms with Gasteiger partial charge in [-0.1, -0.05) is 11.6 Å². The largest absolute Gasteiger partial charge is 0.472 e. The Bertz CT molecular complexity index is 1030. The number of halogens is 1. The number of pyridine rings is 1. The highest BCUT2D eigenvalue weighted by Gasteiger charge is 2.48. The van der Waals surface area contributed by atoms with E-state index in [1.54, 1.807) is 6.07 Å². The lowest BCUT2D eigenvalue weighted by atomic mass is 10.1. The Hall–Kier alpha value is -1.95. The zero-order valence-corrected chi connectivity index (χ0v) is 16.7. The summed E-state index contributed by atoms with van der Waals surface area (Å²) in [7, 11) is 0. The maximum absolute atomic E-state index is 9.83. The monoisotopic (exact) mass is 439 g/mol. The van der Waals surface area contributed by atoms with Gasteiger partial charge in [-0.05, 0) is 17.5 Å². The fourth-order valence-electron chi connectivity index (χ4n) is 3.46. The molecule has 3 aromatic rings. The van der Waals surface area contributed by atoms with Gasteiger partial charge in [-0.25, -0.2) is 0 Å². The van der Waals surface area contributed by atoms with Gasteiger partial charge < -0.3 is 34.1 Å². The summed E-state index contributed by atoms with van der Waals surface area (Å²) in [6.07, 6.45) is -1.71. The molecule has 3 aromatic heterocycles. The van der Waals surface area contributed by atoms with Crippen LogP contribution in [-0.4, -0.2) is 62.8 Å². The molecule has 0 amide bonds. The maximum Gasteiger partial charge on any atom is 0.296 e. The van der Waals surface area contributed by atoms with Crippen LogP contribution in [0.3, 0.4) is 0 Å². The minimum absolute atomic E-state index is 0.00329. The van der Waals surface area contributed by atoms with Crippen molar-refractivity contribution < 1.29 is 29.2 Å². The minimum Gasteiger partial charge on any atom is -0.472 e. The molecule has 2 aliphatic heterocycles. The Labute approximate surface area is 174 Å². The Morgan fingerprint density at radius 2 is 2.10 bits per heavy atom. The molecule has 4 atom stereocenters. The molecule has 2 fully saturated rings. The van der Waals surface area contributed by atoms with Gasteiger partial charge in [-0.15, -0.1) is 11.3 Å². The summed E-state index contributed by atoms with van der Waals surface area (Å²) in [5, 5.41) is 21.2. The predicted molar refractivity (Wildman–Crippen MR) is 103 cm³/mol. The van der Waals surface area contributed by atoms with Crippen molar-refractivity contribution in [2.45, 2.75) is 37.6 Å². The molecule has 0 bridgehead atoms. The normalized spacial score (nSPS) is 26.2. The first kappa shape index (κ1) is 19.0. The topological polar surface area (TPSA) is 119 Å². The van der Waals surface area contributed by atoms with Crippen molar-refractivity contribution in [1.82, 2.24) is 15.0 Å². The van der Waals surface area contributed by atoms with E-state index in [9.17, 15) is 5.11 Å². The minimum atomic E-state index is -0.638. The molecule has 2 saturated heterocycles. The summed E-state index contributed by atoms with van der Waals surface area (Å²) in [4.78, 5) is 12.6. The summed E-state index contributed by atoms with van der Waals surface area (Å²) in [6, 6.07) is 3.82. The van der Waals surface area contributed by atoms with Crippen LogP contribution in [0.15, 0.2) is 17.5 Å². The number of aromatic nitrogens is 3. The number of aliphatic hydroxyl groups is 2. The molecule has 0 radical (unpaired) electrons. The number of nitrogens with zero attached hydrogens (tertiary/aromatic N) is 2. The summed E-state index contributed by atoms with van der Waals surface area (Å²) < 4.78 is 22.7. The first-order chi connectivity index (χ1) is 14.1. The molecule has 5 heterocycles. The van der Waals surface area contributed by atoms with Gasteiger partial charge in [0.25, 0.3) is 6.01 Å². The molecule has 154 valence electrons. The molecule has 0 aromatic carbocycles. The van der Waals surface area contributed by atoms with E-state index in [4.69, 9.17) is 35.7 Å². The van der Waals surface area contributed by atoms with Crippen LogP contribution in [0, 0.1) is 0 Å². The summed E-state index contributed by atoms with van der Waals surface area (Å²) in [5.74, 6) is 0.264. The summed E-state index contributed by atoms with van der Waals surface area (Å²) in [5.41, 5.74) is 1.94. The molecular formula is C18H18ClN3O6S. The van der Waals surface area contributed by atoms with Crippen LogP contribution >= 0.6 is 22.9 Å². The number of thiophene rings is 1. The third-order valence-electron chi connectivity index (χ3n) is 4.86. The average Bonchev–Trinajstić information content (AvgIpc) is 3.47. The molecule has 11 heteroatoms. The van der Waals surface area contributed by atoms with Crippen LogP contribution in [0.4, 0.5) is 0 Å². The van der Waals surface area contributed by atoms with Crippen molar-refractivity contribution in [2.24, 2.45) is 0 Å². The van der Waals surface area contributed by atoms with Crippen molar-refractivity contribution >= 4 is 34.1 Å². The standard InChI is InChI=1S/C18H18ClN3O6S/c19-10-2-11-16(21-17(10)27-4-8-1-9(3-23)29-7-8)22-18(20-11)28-13-6-26-14-12(24)5-25-15(13)14/h1-2,7,12-15,23-24H,3-6H2,(H,20,21,22)/t12-,13-,14-,15?/m1/s1. The lowest BCUT2D eigenvalue weighted by Crippen LogP contribution is -2.34. The van der Waals surface area contributed by atoms with Crippen LogP contribution in [0.25, 0.3) is 11.2 Å². The number of aromatic amines is 1. The van der Waals surface area contributed by atoms with E-state index >= 15 is 0 Å². The number of hydrogen-bond donors (Lipinski definition) is 3. The summed E-state index contributed by atoms with van der Waals surface area (Å²) >= 11 is 7.75. The Morgan fingerprint density at radius 1 is 1.24 bits per heavy atom. The lowest BCUT2D eigenvalue weighted by molar-refractivity contribution is 0.00706. The molecule has 0 aliphatic carbocycles. The third-order valence-corrected chi connectivity index (χ3v) is 6.10. The lowest BCUT2D eigenvalue weighted by Gasteiger charge is -2.15. The molecule has 29 heavy (non-hydrogen) atoms. The van der Waals surface area contributed by atoms with Gasteiger partial charge in [0.15, 0.2) is 11.8 Å². The van der Waals surface area contributed by atoms with E-state index in [1.807, 2.05) is 11.4 Å². The first-order valence-corrected chi connectivity index (χ1v) is 10.3. The molecule has 0 saturated carbocycles. The molecular weight excluding hydrogens is 422 g/mol. The SMILES string of the molecule is OCc1cc(COc2nc3nc(O[C@@H]4CO[C@H]5C4OC[C@H]5O)[nH]c3cc2Cl)cs1. The fourth-order valence-corrected chi connectivity index (χ4v) is 4.40. The number of aliphatic hydroxyl groups excluding tert-OH is 2. The number of ether oxygens (including phenoxy) is 4. The van der Waals surface area contributed by atoms with Crippen molar-refractivity contribution in [1.29, 1.82) is 0 Å². The highest BCUT2D eigenvalue weighted by atomic mass is 35.5. The van der Waals surface area contributed by atoms with E-state index in [2.05, 4.69) is 15.0 Å². The van der Waals surface area contributed by atoms with Gasteiger partial charge in [0, 0.05) is 10.4 Å². The van der Waals surface area contributed by atoms with Gasteiger partial charge in [0.1, 0.15) is 29.9 Å². The molecule has 1 unspecified atom stereocenters. The second kappa shape index (κ2) is 7.71. The Kier molecular flexibility index (Phi) is 5.06. The van der Waals surface area contributed by atoms with E-state index < -0.39 is 6.10 Å². The maximum atomic E-state index is 9.83. The summed E-state index contributed by atoms with van der Waals surface area (Å²) in [6.45, 7) is 0.827. The second-order valence-electron chi connectivity index (χ2n) is 6.88. The Morgan fingerprint density at radius 3 is 2.93 bits per heavy atom. The van der Waals surface area contributed by atoms with Crippen LogP contribution in [0.5, 0.6) is 11.9 Å². The van der Waals surface area contributed by atoms with Crippen LogP contribution in [0.1, 0.15) is 10.4 Å². The second-order valence-corrected chi connectivity index (χ2v) is 8.28. The molecule has 9 nitrogen and oxygen atoms in total. The zero-order valence-electron chi connectivity index (χ0n) is 15.1. The van der Waals surface area contributed by atoms with Crippen LogP contribution in [0.2, 0.25) is 5.02 Å². The highest BCUT2D eigenvalue weighted by molar-refractivity contribution is 7.10. The molecule has 3 N–H and O–H groups in total. The average molecular weight is 440 g/mol. The number of rotatable bonds is 6. The van der Waals surface area contributed by atoms with Gasteiger partial charge in [0.2, 0.25) is 5.88 Å². The Balaban J connectivity index is 1.30. The molecule has 2 aliphatic rings. The number of nitrogens with one attached hydrogen (secondary N) is 1. The van der Waals surface area contributed by atoms with Crippen molar-refractivity contribution in [3.8, 4) is 11.9 Å². The smallest absolute Gasteiger partial charge is 0.296 e. The zero-order chi connectivity index (χ0) is 20.0. The first-order valence-electron chi connectivity index (χ1n) is 9.05. The van der Waals surface area contributed by atoms with Crippen molar-refractivity contribution in [3.05, 3.63) is 33.0 Å². The third kappa shape index (κ3) is 3.67. The fraction of sp³-hybridized carbons (Fsp3) is 0.444. The van der Waals surface area contributed by atoms with Gasteiger partial charge in [-0.3, -0.25) is 0 Å². The van der Waals surface area contributed by atoms with E-state index in [0.29, 0.717) is 22.8 Å². The van der Waals surface area contributed by atoms with Gasteiger partial charge >= 0.3 is 0 Å². The molecule has 0 spiro atoms. The van der Waals surface area contributed by atoms with Crippen molar-refractivity contribution in [3.63, 3.8) is 0 Å². The number of imidazole rings is 1. The number of fused-ring (bicyclic) bond motifs is 2. The van der Waals surface area contributed by atoms with Crippen LogP contribution in [-0.2, 0) is 22.7 Å². The van der Waals surface area contributed by atoms with E-state index in [1.165, 1.54) is 11.3 Å². The van der Waals surface area contributed by atoms with Crippen molar-refractivity contribution in [2.75, 3.05) is 13.2 Å². The number of hydrogen-bond acceptors (Lipinski definition) is 9.